The number of rotatable bonds is 4. The molecule has 2 heterocycles. The highest BCUT2D eigenvalue weighted by Crippen LogP contribution is 2.18. The van der Waals surface area contributed by atoms with Gasteiger partial charge in [0.1, 0.15) is 0 Å². The Bertz CT molecular complexity index is 607. The lowest BCUT2D eigenvalue weighted by molar-refractivity contribution is -0.133. The topological polar surface area (TPSA) is 69.6 Å². The summed E-state index contributed by atoms with van der Waals surface area (Å²) in [5, 5.41) is 12.9. The van der Waals surface area contributed by atoms with Crippen molar-refractivity contribution in [2.24, 2.45) is 0 Å². The van der Waals surface area contributed by atoms with Gasteiger partial charge in [0.2, 0.25) is 5.91 Å². The Kier molecular flexibility index (Phi) is 5.63. The first kappa shape index (κ1) is 17.1. The van der Waals surface area contributed by atoms with E-state index in [0.717, 1.165) is 31.5 Å². The molecule has 2 aliphatic rings. The number of ketones is 1. The van der Waals surface area contributed by atoms with E-state index < -0.39 is 0 Å². The molecule has 2 N–H and O–H groups in total. The Balaban J connectivity index is 1.55. The minimum atomic E-state index is -0.287. The van der Waals surface area contributed by atoms with E-state index in [1.54, 1.807) is 4.90 Å². The number of aliphatic hydroxyl groups is 1. The number of aliphatic hydroxyl groups excluding tert-OH is 1. The number of amides is 1. The van der Waals surface area contributed by atoms with E-state index in [-0.39, 0.29) is 30.6 Å². The zero-order valence-corrected chi connectivity index (χ0v) is 14.1. The van der Waals surface area contributed by atoms with Crippen LogP contribution in [0.2, 0.25) is 0 Å². The lowest BCUT2D eigenvalue weighted by Crippen LogP contribution is -2.40. The second kappa shape index (κ2) is 7.90. The second-order valence-electron chi connectivity index (χ2n) is 6.77. The fourth-order valence-electron chi connectivity index (χ4n) is 3.49. The monoisotopic (exact) mass is 330 g/mol. The van der Waals surface area contributed by atoms with Gasteiger partial charge in [-0.3, -0.25) is 9.59 Å². The molecule has 1 amide bonds. The van der Waals surface area contributed by atoms with Crippen LogP contribution >= 0.6 is 0 Å². The zero-order valence-electron chi connectivity index (χ0n) is 14.1. The van der Waals surface area contributed by atoms with Crippen LogP contribution in [0.25, 0.3) is 0 Å². The summed E-state index contributed by atoms with van der Waals surface area (Å²) in [6, 6.07) is 5.96. The number of carbonyl (C=O) groups excluding carboxylic acids is 2. The van der Waals surface area contributed by atoms with Crippen molar-refractivity contribution in [2.45, 2.75) is 44.6 Å². The predicted octanol–water partition coefficient (Wildman–Crippen LogP) is 1.32. The number of hydrogen-bond donors (Lipinski definition) is 2. The molecule has 0 aliphatic carbocycles. The Morgan fingerprint density at radius 3 is 2.54 bits per heavy atom. The fourth-order valence-corrected chi connectivity index (χ4v) is 3.49. The summed E-state index contributed by atoms with van der Waals surface area (Å²) >= 11 is 0. The molecule has 130 valence electrons. The molecule has 0 bridgehead atoms. The molecular weight excluding hydrogens is 304 g/mol. The lowest BCUT2D eigenvalue weighted by atomic mass is 9.97. The van der Waals surface area contributed by atoms with Crippen LogP contribution in [0, 0.1) is 0 Å². The summed E-state index contributed by atoms with van der Waals surface area (Å²) in [5.74, 6) is 0.0645. The Labute approximate surface area is 143 Å². The minimum Gasteiger partial charge on any atom is -0.393 e. The third-order valence-corrected chi connectivity index (χ3v) is 5.05. The summed E-state index contributed by atoms with van der Waals surface area (Å²) in [6.07, 6.45) is 3.46. The van der Waals surface area contributed by atoms with Crippen molar-refractivity contribution in [1.29, 1.82) is 0 Å². The van der Waals surface area contributed by atoms with E-state index in [9.17, 15) is 14.7 Å². The molecule has 5 nitrogen and oxygen atoms in total. The van der Waals surface area contributed by atoms with Gasteiger partial charge in [-0.05, 0) is 56.0 Å². The average molecular weight is 330 g/mol. The lowest BCUT2D eigenvalue weighted by Gasteiger charge is -2.29. The number of fused-ring (bicyclic) bond motifs is 1. The molecule has 1 fully saturated rings. The van der Waals surface area contributed by atoms with E-state index in [1.807, 2.05) is 12.1 Å². The number of Topliss-reactive ketones (excluding diaryl/α,β-unsaturated/α-hetero) is 1. The number of nitrogens with one attached hydrogen (secondary N) is 1. The van der Waals surface area contributed by atoms with E-state index in [2.05, 4.69) is 11.4 Å². The molecule has 0 atom stereocenters. The first-order valence-corrected chi connectivity index (χ1v) is 8.95. The molecule has 1 saturated heterocycles. The van der Waals surface area contributed by atoms with Gasteiger partial charge in [0.05, 0.1) is 6.10 Å². The first-order chi connectivity index (χ1) is 11.6. The van der Waals surface area contributed by atoms with Crippen molar-refractivity contribution in [1.82, 2.24) is 10.2 Å². The van der Waals surface area contributed by atoms with Crippen LogP contribution in [0.4, 0.5) is 0 Å². The highest BCUT2D eigenvalue weighted by Gasteiger charge is 2.22. The van der Waals surface area contributed by atoms with E-state index in [1.165, 1.54) is 11.1 Å². The summed E-state index contributed by atoms with van der Waals surface area (Å²) in [7, 11) is 0. The zero-order chi connectivity index (χ0) is 16.9. The van der Waals surface area contributed by atoms with E-state index in [4.69, 9.17) is 0 Å². The summed E-state index contributed by atoms with van der Waals surface area (Å²) in [6.45, 7) is 3.13. The third kappa shape index (κ3) is 4.22. The SMILES string of the molecule is O=C(CCC(=O)N1CCC(O)CC1)c1ccc2c(c1)CCNCC2. The van der Waals surface area contributed by atoms with Gasteiger partial charge >= 0.3 is 0 Å². The molecule has 1 aromatic rings. The molecule has 0 spiro atoms. The van der Waals surface area contributed by atoms with Crippen molar-refractivity contribution in [3.05, 3.63) is 34.9 Å². The van der Waals surface area contributed by atoms with Crippen molar-refractivity contribution in [3.63, 3.8) is 0 Å². The maximum absolute atomic E-state index is 12.4. The Morgan fingerprint density at radius 1 is 1.08 bits per heavy atom. The summed E-state index contributed by atoms with van der Waals surface area (Å²) in [4.78, 5) is 26.4. The van der Waals surface area contributed by atoms with Crippen molar-refractivity contribution < 1.29 is 14.7 Å². The van der Waals surface area contributed by atoms with Gasteiger partial charge in [0.25, 0.3) is 0 Å². The largest absolute Gasteiger partial charge is 0.393 e. The Morgan fingerprint density at radius 2 is 1.79 bits per heavy atom. The van der Waals surface area contributed by atoms with E-state index in [0.29, 0.717) is 25.9 Å². The highest BCUT2D eigenvalue weighted by atomic mass is 16.3. The van der Waals surface area contributed by atoms with Crippen LogP contribution in [0.15, 0.2) is 18.2 Å². The summed E-state index contributed by atoms with van der Waals surface area (Å²) < 4.78 is 0. The molecule has 0 unspecified atom stereocenters. The quantitative estimate of drug-likeness (QED) is 0.817. The maximum Gasteiger partial charge on any atom is 0.223 e. The average Bonchev–Trinajstić information content (AvgIpc) is 2.84. The van der Waals surface area contributed by atoms with Gasteiger partial charge in [0.15, 0.2) is 5.78 Å². The number of hydrogen-bond acceptors (Lipinski definition) is 4. The van der Waals surface area contributed by atoms with Gasteiger partial charge in [-0.1, -0.05) is 12.1 Å². The molecule has 24 heavy (non-hydrogen) atoms. The molecular formula is C19H26N2O3. The normalized spacial score (nSPS) is 18.8. The smallest absolute Gasteiger partial charge is 0.223 e. The van der Waals surface area contributed by atoms with Gasteiger partial charge < -0.3 is 15.3 Å². The predicted molar refractivity (Wildman–Crippen MR) is 92.1 cm³/mol. The van der Waals surface area contributed by atoms with Crippen molar-refractivity contribution in [3.8, 4) is 0 Å². The van der Waals surface area contributed by atoms with E-state index >= 15 is 0 Å². The van der Waals surface area contributed by atoms with Crippen LogP contribution in [-0.2, 0) is 17.6 Å². The highest BCUT2D eigenvalue weighted by molar-refractivity contribution is 5.98. The van der Waals surface area contributed by atoms with Gasteiger partial charge in [-0.25, -0.2) is 0 Å². The van der Waals surface area contributed by atoms with Crippen molar-refractivity contribution >= 4 is 11.7 Å². The molecule has 0 aromatic heterocycles. The number of likely N-dealkylation sites (tertiary alicyclic amines) is 1. The first-order valence-electron chi connectivity index (χ1n) is 8.95. The number of nitrogens with zero attached hydrogens (tertiary/aromatic N) is 1. The van der Waals surface area contributed by atoms with Crippen LogP contribution in [-0.4, -0.2) is 54.0 Å². The van der Waals surface area contributed by atoms with Crippen LogP contribution < -0.4 is 5.32 Å². The van der Waals surface area contributed by atoms with Crippen molar-refractivity contribution in [2.75, 3.05) is 26.2 Å². The maximum atomic E-state index is 12.4. The molecule has 2 aliphatic heterocycles. The van der Waals surface area contributed by atoms with Crippen LogP contribution in [0.1, 0.15) is 47.2 Å². The second-order valence-corrected chi connectivity index (χ2v) is 6.77. The number of carbonyl (C=O) groups is 2. The summed E-state index contributed by atoms with van der Waals surface area (Å²) in [5.41, 5.74) is 3.29. The van der Waals surface area contributed by atoms with Gasteiger partial charge in [-0.15, -0.1) is 0 Å². The molecule has 3 rings (SSSR count). The number of benzene rings is 1. The standard InChI is InChI=1S/C19H26N2O3/c22-17-7-11-21(12-8-17)19(24)4-3-18(23)16-2-1-14-5-9-20-10-6-15(14)13-16/h1-2,13,17,20,22H,3-12H2. The molecule has 1 aromatic carbocycles. The van der Waals surface area contributed by atoms with Crippen LogP contribution in [0.5, 0.6) is 0 Å². The molecule has 5 heteroatoms. The minimum absolute atomic E-state index is 0.0224. The third-order valence-electron chi connectivity index (χ3n) is 5.05. The Hall–Kier alpha value is -1.72. The fraction of sp³-hybridized carbons (Fsp3) is 0.579. The molecule has 0 radical (unpaired) electrons. The number of piperidine rings is 1. The van der Waals surface area contributed by atoms with Crippen LogP contribution in [0.3, 0.4) is 0 Å². The molecule has 0 saturated carbocycles. The van der Waals surface area contributed by atoms with Gasteiger partial charge in [-0.2, -0.15) is 0 Å². The van der Waals surface area contributed by atoms with Gasteiger partial charge in [0, 0.05) is 31.5 Å².